The molecule has 0 aliphatic carbocycles. The van der Waals surface area contributed by atoms with Gasteiger partial charge in [-0.1, -0.05) is 13.8 Å². The molecular weight excluding hydrogens is 224 g/mol. The molecule has 100 valence electrons. The van der Waals surface area contributed by atoms with Crippen molar-refractivity contribution in [2.24, 2.45) is 5.92 Å². The Morgan fingerprint density at radius 2 is 2.00 bits per heavy atom. The summed E-state index contributed by atoms with van der Waals surface area (Å²) in [7, 11) is 1.71. The van der Waals surface area contributed by atoms with Gasteiger partial charge in [-0.15, -0.1) is 0 Å². The third kappa shape index (κ3) is 3.16. The minimum atomic E-state index is 0.578. The molecule has 0 amide bonds. The maximum absolute atomic E-state index is 5.21. The van der Waals surface area contributed by atoms with E-state index in [0.29, 0.717) is 12.0 Å². The minimum Gasteiger partial charge on any atom is -0.497 e. The lowest BCUT2D eigenvalue weighted by atomic mass is 10.0. The summed E-state index contributed by atoms with van der Waals surface area (Å²) in [6, 6.07) is 8.97. The molecule has 0 aromatic heterocycles. The molecule has 1 N–H and O–H groups in total. The third-order valence-electron chi connectivity index (χ3n) is 3.67. The van der Waals surface area contributed by atoms with Gasteiger partial charge in [0.05, 0.1) is 7.11 Å². The summed E-state index contributed by atoms with van der Waals surface area (Å²) in [6.45, 7) is 7.91. The van der Waals surface area contributed by atoms with Crippen LogP contribution in [0.15, 0.2) is 24.3 Å². The van der Waals surface area contributed by atoms with E-state index in [0.717, 1.165) is 25.4 Å². The first-order valence-corrected chi connectivity index (χ1v) is 6.83. The molecule has 0 radical (unpaired) electrons. The summed E-state index contributed by atoms with van der Waals surface area (Å²) in [5.74, 6) is 1.59. The van der Waals surface area contributed by atoms with Gasteiger partial charge in [0.15, 0.2) is 0 Å². The van der Waals surface area contributed by atoms with Crippen LogP contribution in [0.1, 0.15) is 20.3 Å². The van der Waals surface area contributed by atoms with Crippen molar-refractivity contribution in [3.8, 4) is 5.75 Å². The molecular formula is C15H24N2O. The lowest BCUT2D eigenvalue weighted by Gasteiger charge is -2.28. The van der Waals surface area contributed by atoms with Gasteiger partial charge in [0.1, 0.15) is 5.75 Å². The fourth-order valence-electron chi connectivity index (χ4n) is 2.42. The average molecular weight is 248 g/mol. The van der Waals surface area contributed by atoms with Crippen molar-refractivity contribution in [3.63, 3.8) is 0 Å². The van der Waals surface area contributed by atoms with Crippen LogP contribution in [0.25, 0.3) is 0 Å². The van der Waals surface area contributed by atoms with Crippen molar-refractivity contribution in [3.05, 3.63) is 24.3 Å². The van der Waals surface area contributed by atoms with E-state index in [1.54, 1.807) is 7.11 Å². The number of anilines is 1. The fourth-order valence-corrected chi connectivity index (χ4v) is 2.42. The summed E-state index contributed by atoms with van der Waals surface area (Å²) in [5.41, 5.74) is 1.30. The molecule has 1 heterocycles. The number of ether oxygens (including phenoxy) is 1. The van der Waals surface area contributed by atoms with E-state index in [4.69, 9.17) is 4.74 Å². The van der Waals surface area contributed by atoms with Crippen LogP contribution < -0.4 is 15.0 Å². The fraction of sp³-hybridized carbons (Fsp3) is 0.600. The van der Waals surface area contributed by atoms with Gasteiger partial charge in [-0.05, 0) is 43.1 Å². The molecule has 1 saturated heterocycles. The average Bonchev–Trinajstić information content (AvgIpc) is 2.65. The van der Waals surface area contributed by atoms with E-state index in [9.17, 15) is 0 Å². The van der Waals surface area contributed by atoms with Crippen LogP contribution in [0.4, 0.5) is 5.69 Å². The van der Waals surface area contributed by atoms with Crippen LogP contribution in [0.5, 0.6) is 5.75 Å². The van der Waals surface area contributed by atoms with Crippen LogP contribution in [0.3, 0.4) is 0 Å². The molecule has 0 saturated carbocycles. The van der Waals surface area contributed by atoms with E-state index in [1.807, 2.05) is 12.1 Å². The van der Waals surface area contributed by atoms with Crippen molar-refractivity contribution < 1.29 is 4.74 Å². The highest BCUT2D eigenvalue weighted by atomic mass is 16.5. The second kappa shape index (κ2) is 6.10. The van der Waals surface area contributed by atoms with Gasteiger partial charge in [-0.25, -0.2) is 0 Å². The van der Waals surface area contributed by atoms with Crippen molar-refractivity contribution in [2.75, 3.05) is 31.6 Å². The largest absolute Gasteiger partial charge is 0.497 e. The Bertz CT molecular complexity index is 361. The Labute approximate surface area is 110 Å². The lowest BCUT2D eigenvalue weighted by molar-refractivity contribution is 0.414. The van der Waals surface area contributed by atoms with Crippen LogP contribution >= 0.6 is 0 Å². The third-order valence-corrected chi connectivity index (χ3v) is 3.67. The van der Waals surface area contributed by atoms with E-state index in [2.05, 4.69) is 36.2 Å². The van der Waals surface area contributed by atoms with Crippen molar-refractivity contribution in [1.29, 1.82) is 0 Å². The Kier molecular flexibility index (Phi) is 4.48. The SMILES string of the molecule is COc1ccc(N2CCCNC(C(C)C)C2)cc1. The molecule has 0 spiro atoms. The normalized spacial score (nSPS) is 20.9. The molecule has 2 rings (SSSR count). The van der Waals surface area contributed by atoms with Crippen LogP contribution in [0.2, 0.25) is 0 Å². The van der Waals surface area contributed by atoms with E-state index in [1.165, 1.54) is 12.1 Å². The molecule has 1 aromatic carbocycles. The Morgan fingerprint density at radius 3 is 2.61 bits per heavy atom. The van der Waals surface area contributed by atoms with Gasteiger partial charge < -0.3 is 15.0 Å². The van der Waals surface area contributed by atoms with Gasteiger partial charge in [-0.3, -0.25) is 0 Å². The number of benzene rings is 1. The van der Waals surface area contributed by atoms with E-state index in [-0.39, 0.29) is 0 Å². The molecule has 1 fully saturated rings. The zero-order valence-electron chi connectivity index (χ0n) is 11.6. The quantitative estimate of drug-likeness (QED) is 0.889. The summed E-state index contributed by atoms with van der Waals surface area (Å²) in [6.07, 6.45) is 1.20. The molecule has 3 nitrogen and oxygen atoms in total. The number of nitrogens with one attached hydrogen (secondary N) is 1. The highest BCUT2D eigenvalue weighted by molar-refractivity contribution is 5.49. The Balaban J connectivity index is 2.09. The van der Waals surface area contributed by atoms with Gasteiger partial charge in [0.2, 0.25) is 0 Å². The zero-order valence-corrected chi connectivity index (χ0v) is 11.6. The summed E-state index contributed by atoms with van der Waals surface area (Å²) >= 11 is 0. The second-order valence-electron chi connectivity index (χ2n) is 5.30. The molecule has 1 aliphatic heterocycles. The standard InChI is InChI=1S/C15H24N2O/c1-12(2)15-11-17(10-4-9-16-15)13-5-7-14(18-3)8-6-13/h5-8,12,15-16H,4,9-11H2,1-3H3. The van der Waals surface area contributed by atoms with Crippen molar-refractivity contribution >= 4 is 5.69 Å². The van der Waals surface area contributed by atoms with Gasteiger partial charge >= 0.3 is 0 Å². The predicted octanol–water partition coefficient (Wildman–Crippen LogP) is 2.52. The highest BCUT2D eigenvalue weighted by Crippen LogP contribution is 2.21. The number of hydrogen-bond donors (Lipinski definition) is 1. The number of rotatable bonds is 3. The van der Waals surface area contributed by atoms with E-state index < -0.39 is 0 Å². The lowest BCUT2D eigenvalue weighted by Crippen LogP contribution is -2.41. The molecule has 0 bridgehead atoms. The first-order chi connectivity index (χ1) is 8.70. The van der Waals surface area contributed by atoms with Crippen molar-refractivity contribution in [1.82, 2.24) is 5.32 Å². The van der Waals surface area contributed by atoms with Crippen LogP contribution in [-0.4, -0.2) is 32.8 Å². The first kappa shape index (κ1) is 13.2. The topological polar surface area (TPSA) is 24.5 Å². The predicted molar refractivity (Wildman–Crippen MR) is 76.5 cm³/mol. The molecule has 1 aliphatic rings. The maximum atomic E-state index is 5.21. The summed E-state index contributed by atoms with van der Waals surface area (Å²) < 4.78 is 5.21. The minimum absolute atomic E-state index is 0.578. The monoisotopic (exact) mass is 248 g/mol. The molecule has 3 heteroatoms. The summed E-state index contributed by atoms with van der Waals surface area (Å²) in [4.78, 5) is 2.48. The van der Waals surface area contributed by atoms with Crippen LogP contribution in [-0.2, 0) is 0 Å². The van der Waals surface area contributed by atoms with Gasteiger partial charge in [0, 0.05) is 24.8 Å². The van der Waals surface area contributed by atoms with Gasteiger partial charge in [0.25, 0.3) is 0 Å². The number of methoxy groups -OCH3 is 1. The Morgan fingerprint density at radius 1 is 1.28 bits per heavy atom. The second-order valence-corrected chi connectivity index (χ2v) is 5.30. The van der Waals surface area contributed by atoms with Crippen molar-refractivity contribution in [2.45, 2.75) is 26.3 Å². The Hall–Kier alpha value is -1.22. The number of hydrogen-bond acceptors (Lipinski definition) is 3. The molecule has 1 unspecified atom stereocenters. The van der Waals surface area contributed by atoms with Gasteiger partial charge in [-0.2, -0.15) is 0 Å². The first-order valence-electron chi connectivity index (χ1n) is 6.83. The van der Waals surface area contributed by atoms with E-state index >= 15 is 0 Å². The number of nitrogens with zero attached hydrogens (tertiary/aromatic N) is 1. The maximum Gasteiger partial charge on any atom is 0.119 e. The van der Waals surface area contributed by atoms with Crippen LogP contribution in [0, 0.1) is 5.92 Å². The molecule has 1 aromatic rings. The molecule has 18 heavy (non-hydrogen) atoms. The zero-order chi connectivity index (χ0) is 13.0. The molecule has 1 atom stereocenters. The summed E-state index contributed by atoms with van der Waals surface area (Å²) in [5, 5.41) is 3.64. The smallest absolute Gasteiger partial charge is 0.119 e. The highest BCUT2D eigenvalue weighted by Gasteiger charge is 2.20.